The Balaban J connectivity index is 2.32. The monoisotopic (exact) mass is 324 g/mol. The van der Waals surface area contributed by atoms with Gasteiger partial charge in [0.2, 0.25) is 9.84 Å². The Hall–Kier alpha value is -3.29. The summed E-state index contributed by atoms with van der Waals surface area (Å²) < 4.78 is 36.0. The van der Waals surface area contributed by atoms with Crippen LogP contribution >= 0.6 is 0 Å². The molecule has 1 aliphatic heterocycles. The Labute approximate surface area is 131 Å². The summed E-state index contributed by atoms with van der Waals surface area (Å²) >= 11 is 0. The molecule has 0 saturated carbocycles. The zero-order valence-corrected chi connectivity index (χ0v) is 12.4. The van der Waals surface area contributed by atoms with Crippen LogP contribution in [-0.4, -0.2) is 8.42 Å². The van der Waals surface area contributed by atoms with Crippen molar-refractivity contribution >= 4 is 19.6 Å². The molecule has 0 aromatic carbocycles. The second-order valence-corrected chi connectivity index (χ2v) is 6.42. The lowest BCUT2D eigenvalue weighted by atomic mass is 10.1. The maximum atomic E-state index is 12.8. The molecule has 6 nitrogen and oxygen atoms in total. The number of furan rings is 2. The maximum absolute atomic E-state index is 12.8. The van der Waals surface area contributed by atoms with Crippen molar-refractivity contribution in [3.05, 3.63) is 71.6 Å². The van der Waals surface area contributed by atoms with Crippen LogP contribution in [0.4, 0.5) is 0 Å². The average Bonchev–Trinajstić information content (AvgIpc) is 3.22. The first-order valence-electron chi connectivity index (χ1n) is 6.38. The van der Waals surface area contributed by atoms with E-state index in [1.54, 1.807) is 24.3 Å². The van der Waals surface area contributed by atoms with E-state index in [0.717, 1.165) is 0 Å². The molecule has 0 saturated heterocycles. The molecule has 0 bridgehead atoms. The van der Waals surface area contributed by atoms with Gasteiger partial charge in [-0.2, -0.15) is 10.5 Å². The summed E-state index contributed by atoms with van der Waals surface area (Å²) in [6.07, 6.45) is 5.19. The highest BCUT2D eigenvalue weighted by molar-refractivity contribution is 8.09. The second kappa shape index (κ2) is 5.48. The van der Waals surface area contributed by atoms with Crippen molar-refractivity contribution in [2.45, 2.75) is 0 Å². The number of allylic oxidation sites excluding steroid dienone is 4. The number of sulfone groups is 1. The van der Waals surface area contributed by atoms with Gasteiger partial charge in [0.25, 0.3) is 0 Å². The number of nitriles is 2. The Morgan fingerprint density at radius 3 is 1.74 bits per heavy atom. The molecule has 0 radical (unpaired) electrons. The highest BCUT2D eigenvalue weighted by Gasteiger charge is 2.33. The fourth-order valence-electron chi connectivity index (χ4n) is 2.14. The van der Waals surface area contributed by atoms with E-state index in [1.807, 2.05) is 0 Å². The van der Waals surface area contributed by atoms with E-state index in [2.05, 4.69) is 0 Å². The summed E-state index contributed by atoms with van der Waals surface area (Å²) in [4.78, 5) is -0.260. The average molecular weight is 324 g/mol. The SMILES string of the molecule is N#CC(C#N)=C1C=C(c2ccco2)S(=O)(=O)C(c2ccco2)=C1. The standard InChI is InChI=1S/C16H8N2O4S/c17-9-12(10-18)11-7-15(13-3-1-5-21-13)23(19,20)16(8-11)14-4-2-6-22-14/h1-8H. The first-order chi connectivity index (χ1) is 11.1. The molecule has 0 N–H and O–H groups in total. The Kier molecular flexibility index (Phi) is 3.49. The lowest BCUT2D eigenvalue weighted by molar-refractivity contribution is 0.550. The van der Waals surface area contributed by atoms with Crippen molar-refractivity contribution in [1.29, 1.82) is 10.5 Å². The lowest BCUT2D eigenvalue weighted by Crippen LogP contribution is -2.10. The number of nitrogens with zero attached hydrogens (tertiary/aromatic N) is 2. The van der Waals surface area contributed by atoms with Gasteiger partial charge in [0.1, 0.15) is 39.0 Å². The molecule has 0 unspecified atom stereocenters. The van der Waals surface area contributed by atoms with E-state index in [0.29, 0.717) is 0 Å². The molecule has 0 fully saturated rings. The van der Waals surface area contributed by atoms with Crippen molar-refractivity contribution in [1.82, 2.24) is 0 Å². The molecule has 1 aliphatic rings. The maximum Gasteiger partial charge on any atom is 0.213 e. The van der Waals surface area contributed by atoms with Crippen molar-refractivity contribution in [3.63, 3.8) is 0 Å². The second-order valence-electron chi connectivity index (χ2n) is 4.53. The molecule has 2 aromatic heterocycles. The molecular weight excluding hydrogens is 316 g/mol. The lowest BCUT2D eigenvalue weighted by Gasteiger charge is -2.15. The molecule has 0 spiro atoms. The summed E-state index contributed by atoms with van der Waals surface area (Å²) in [5, 5.41) is 18.1. The minimum atomic E-state index is -3.91. The van der Waals surface area contributed by atoms with Crippen LogP contribution in [0.1, 0.15) is 11.5 Å². The van der Waals surface area contributed by atoms with Gasteiger partial charge >= 0.3 is 0 Å². The predicted molar refractivity (Wildman–Crippen MR) is 80.5 cm³/mol. The van der Waals surface area contributed by atoms with Crippen molar-refractivity contribution in [2.24, 2.45) is 0 Å². The Morgan fingerprint density at radius 1 is 0.913 bits per heavy atom. The van der Waals surface area contributed by atoms with Crippen LogP contribution in [0.15, 0.2) is 68.9 Å². The third-order valence-corrected chi connectivity index (χ3v) is 4.99. The summed E-state index contributed by atoms with van der Waals surface area (Å²) in [6, 6.07) is 9.59. The molecule has 3 heterocycles. The highest BCUT2D eigenvalue weighted by Crippen LogP contribution is 2.39. The molecule has 112 valence electrons. The Morgan fingerprint density at radius 2 is 1.39 bits per heavy atom. The van der Waals surface area contributed by atoms with Crippen LogP contribution < -0.4 is 0 Å². The van der Waals surface area contributed by atoms with Gasteiger partial charge < -0.3 is 8.83 Å². The number of rotatable bonds is 2. The van der Waals surface area contributed by atoms with E-state index in [4.69, 9.17) is 19.4 Å². The summed E-state index contributed by atoms with van der Waals surface area (Å²) in [5.74, 6) is 0.241. The summed E-state index contributed by atoms with van der Waals surface area (Å²) in [5.41, 5.74) is -0.0179. The van der Waals surface area contributed by atoms with Gasteiger partial charge in [-0.15, -0.1) is 0 Å². The van der Waals surface area contributed by atoms with E-state index < -0.39 is 9.84 Å². The van der Waals surface area contributed by atoms with Gasteiger partial charge in [-0.1, -0.05) is 0 Å². The van der Waals surface area contributed by atoms with E-state index in [1.165, 1.54) is 36.8 Å². The predicted octanol–water partition coefficient (Wildman–Crippen LogP) is 3.03. The summed E-state index contributed by atoms with van der Waals surface area (Å²) in [7, 11) is -3.91. The fourth-order valence-corrected chi connectivity index (χ4v) is 3.70. The van der Waals surface area contributed by atoms with E-state index in [9.17, 15) is 8.42 Å². The minimum absolute atomic E-state index is 0.120. The molecule has 2 aromatic rings. The van der Waals surface area contributed by atoms with Gasteiger partial charge in [-0.25, -0.2) is 8.42 Å². The first-order valence-corrected chi connectivity index (χ1v) is 7.87. The first kappa shape index (κ1) is 14.6. The van der Waals surface area contributed by atoms with Crippen LogP contribution in [0, 0.1) is 22.7 Å². The Bertz CT molecular complexity index is 946. The minimum Gasteiger partial charge on any atom is -0.464 e. The van der Waals surface area contributed by atoms with Crippen LogP contribution in [0.3, 0.4) is 0 Å². The highest BCUT2D eigenvalue weighted by atomic mass is 32.2. The van der Waals surface area contributed by atoms with Crippen LogP contribution in [0.5, 0.6) is 0 Å². The smallest absolute Gasteiger partial charge is 0.213 e. The number of hydrogen-bond acceptors (Lipinski definition) is 6. The van der Waals surface area contributed by atoms with Crippen molar-refractivity contribution < 1.29 is 17.3 Å². The van der Waals surface area contributed by atoms with E-state index >= 15 is 0 Å². The van der Waals surface area contributed by atoms with Gasteiger partial charge in [-0.05, 0) is 36.4 Å². The number of hydrogen-bond donors (Lipinski definition) is 0. The van der Waals surface area contributed by atoms with Gasteiger partial charge in [0.05, 0.1) is 12.5 Å². The largest absolute Gasteiger partial charge is 0.464 e. The van der Waals surface area contributed by atoms with Crippen LogP contribution in [0.2, 0.25) is 0 Å². The quantitative estimate of drug-likeness (QED) is 0.786. The molecule has 0 amide bonds. The van der Waals surface area contributed by atoms with Crippen LogP contribution in [0.25, 0.3) is 9.81 Å². The van der Waals surface area contributed by atoms with E-state index in [-0.39, 0.29) is 32.5 Å². The third kappa shape index (κ3) is 2.39. The normalized spacial score (nSPS) is 16.0. The van der Waals surface area contributed by atoms with Crippen LogP contribution in [-0.2, 0) is 9.84 Å². The van der Waals surface area contributed by atoms with Gasteiger partial charge in [-0.3, -0.25) is 0 Å². The molecule has 0 aliphatic carbocycles. The van der Waals surface area contributed by atoms with Crippen molar-refractivity contribution in [2.75, 3.05) is 0 Å². The fraction of sp³-hybridized carbons (Fsp3) is 0. The zero-order chi connectivity index (χ0) is 16.4. The molecule has 7 heteroatoms. The molecule has 0 atom stereocenters. The topological polar surface area (TPSA) is 108 Å². The van der Waals surface area contributed by atoms with Gasteiger partial charge in [0, 0.05) is 5.57 Å². The zero-order valence-electron chi connectivity index (χ0n) is 11.6. The third-order valence-electron chi connectivity index (χ3n) is 3.19. The molecular formula is C16H8N2O4S. The van der Waals surface area contributed by atoms with Crippen molar-refractivity contribution in [3.8, 4) is 12.1 Å². The summed E-state index contributed by atoms with van der Waals surface area (Å²) in [6.45, 7) is 0. The van der Waals surface area contributed by atoms with Gasteiger partial charge in [0.15, 0.2) is 0 Å². The molecule has 3 rings (SSSR count). The molecule has 23 heavy (non-hydrogen) atoms.